The van der Waals surface area contributed by atoms with Crippen molar-refractivity contribution in [1.29, 1.82) is 0 Å². The normalized spacial score (nSPS) is 12.3. The van der Waals surface area contributed by atoms with Crippen molar-refractivity contribution in [2.45, 2.75) is 37.7 Å². The average Bonchev–Trinajstić information content (AvgIpc) is 3.15. The van der Waals surface area contributed by atoms with E-state index in [4.69, 9.17) is 10.2 Å². The van der Waals surface area contributed by atoms with Gasteiger partial charge in [0.05, 0.1) is 34.9 Å². The Bertz CT molecular complexity index is 1100. The van der Waals surface area contributed by atoms with Crippen molar-refractivity contribution in [1.82, 2.24) is 14.7 Å². The molecule has 0 atom stereocenters. The Kier molecular flexibility index (Phi) is 5.74. The number of nitrogens with zero attached hydrogens (tertiary/aromatic N) is 2. The van der Waals surface area contributed by atoms with E-state index >= 15 is 0 Å². The maximum Gasteiger partial charge on any atom is 0.240 e. The number of hydrogen-bond donors (Lipinski definition) is 3. The average molecular weight is 417 g/mol. The maximum absolute atomic E-state index is 12.7. The highest BCUT2D eigenvalue weighted by molar-refractivity contribution is 7.89. The number of hydrogen-bond acceptors (Lipinski definition) is 7. The number of aromatic nitrogens is 2. The molecule has 2 aromatic heterocycles. The predicted octanol–water partition coefficient (Wildman–Crippen LogP) is 2.73. The minimum absolute atomic E-state index is 0.109. The van der Waals surface area contributed by atoms with Gasteiger partial charge in [0.1, 0.15) is 11.5 Å². The number of rotatable bonds is 7. The lowest BCUT2D eigenvalue weighted by atomic mass is 10.1. The molecule has 0 aliphatic rings. The van der Waals surface area contributed by atoms with Crippen LogP contribution in [0.5, 0.6) is 0 Å². The number of aryl methyl sites for hydroxylation is 1. The second-order valence-corrected chi connectivity index (χ2v) is 9.21. The summed E-state index contributed by atoms with van der Waals surface area (Å²) in [5.41, 5.74) is 8.12. The van der Waals surface area contributed by atoms with Crippen molar-refractivity contribution >= 4 is 15.8 Å². The highest BCUT2D eigenvalue weighted by Crippen LogP contribution is 2.29. The van der Waals surface area contributed by atoms with Gasteiger partial charge in [0.25, 0.3) is 0 Å². The molecule has 3 aromatic rings. The van der Waals surface area contributed by atoms with Gasteiger partial charge in [-0.25, -0.2) is 23.1 Å². The van der Waals surface area contributed by atoms with Gasteiger partial charge in [0.2, 0.25) is 10.0 Å². The number of nitrogens with two attached hydrogens (primary N) is 1. The van der Waals surface area contributed by atoms with E-state index in [1.807, 2.05) is 6.92 Å². The first kappa shape index (κ1) is 21.0. The van der Waals surface area contributed by atoms with Gasteiger partial charge in [0, 0.05) is 17.7 Å². The minimum atomic E-state index is -3.74. The quantitative estimate of drug-likeness (QED) is 0.539. The summed E-state index contributed by atoms with van der Waals surface area (Å²) in [7, 11) is -3.74. The van der Waals surface area contributed by atoms with Crippen molar-refractivity contribution in [3.05, 3.63) is 48.6 Å². The van der Waals surface area contributed by atoms with Crippen LogP contribution in [-0.4, -0.2) is 35.6 Å². The van der Waals surface area contributed by atoms with Gasteiger partial charge in [-0.2, -0.15) is 0 Å². The molecule has 0 bridgehead atoms. The third-order valence-corrected chi connectivity index (χ3v) is 5.88. The van der Waals surface area contributed by atoms with Gasteiger partial charge < -0.3 is 15.3 Å². The predicted molar refractivity (Wildman–Crippen MR) is 110 cm³/mol. The molecule has 9 heteroatoms. The summed E-state index contributed by atoms with van der Waals surface area (Å²) in [6.07, 6.45) is 4.84. The van der Waals surface area contributed by atoms with E-state index in [2.05, 4.69) is 14.7 Å². The number of nitrogen functional groups attached to an aromatic ring is 1. The topological polar surface area (TPSA) is 131 Å². The van der Waals surface area contributed by atoms with Crippen LogP contribution in [0.4, 0.5) is 5.82 Å². The number of aliphatic hydroxyl groups is 1. The molecular weight excluding hydrogens is 392 g/mol. The van der Waals surface area contributed by atoms with E-state index in [1.54, 1.807) is 32.0 Å². The molecule has 0 aliphatic heterocycles. The third-order valence-electron chi connectivity index (χ3n) is 4.42. The van der Waals surface area contributed by atoms with Crippen LogP contribution in [0.25, 0.3) is 22.5 Å². The number of furan rings is 1. The molecule has 29 heavy (non-hydrogen) atoms. The molecule has 0 spiro atoms. The number of anilines is 1. The van der Waals surface area contributed by atoms with Gasteiger partial charge in [-0.05, 0) is 51.0 Å². The second-order valence-electron chi connectivity index (χ2n) is 7.44. The molecule has 0 fully saturated rings. The first-order chi connectivity index (χ1) is 13.6. The zero-order valence-corrected chi connectivity index (χ0v) is 17.3. The SMILES string of the molecule is Cc1ccc(S(=O)(=O)NCCC(C)(C)O)cc1-c1cnc(N)c(-c2ccoc2)n1. The monoisotopic (exact) mass is 416 g/mol. The first-order valence-corrected chi connectivity index (χ1v) is 10.5. The Morgan fingerprint density at radius 2 is 2.03 bits per heavy atom. The van der Waals surface area contributed by atoms with Gasteiger partial charge in [-0.3, -0.25) is 0 Å². The fraction of sp³-hybridized carbons (Fsp3) is 0.300. The van der Waals surface area contributed by atoms with E-state index in [1.165, 1.54) is 24.8 Å². The zero-order chi connectivity index (χ0) is 21.2. The molecule has 1 aromatic carbocycles. The van der Waals surface area contributed by atoms with Gasteiger partial charge in [-0.15, -0.1) is 0 Å². The van der Waals surface area contributed by atoms with Gasteiger partial charge >= 0.3 is 0 Å². The molecule has 0 saturated carbocycles. The van der Waals surface area contributed by atoms with Crippen molar-refractivity contribution in [2.75, 3.05) is 12.3 Å². The fourth-order valence-corrected chi connectivity index (χ4v) is 3.82. The standard InChI is InChI=1S/C20H24N4O4S/c1-13-4-5-15(29(26,27)23-8-7-20(2,3)25)10-16(13)17-11-22-19(21)18(24-17)14-6-9-28-12-14/h4-6,9-12,23,25H,7-8H2,1-3H3,(H2,21,22). The summed E-state index contributed by atoms with van der Waals surface area (Å²) in [6.45, 7) is 5.25. The summed E-state index contributed by atoms with van der Waals surface area (Å²) in [4.78, 5) is 8.88. The lowest BCUT2D eigenvalue weighted by Gasteiger charge is -2.17. The molecule has 0 amide bonds. The Morgan fingerprint density at radius 3 is 2.69 bits per heavy atom. The van der Waals surface area contributed by atoms with Crippen LogP contribution < -0.4 is 10.5 Å². The zero-order valence-electron chi connectivity index (χ0n) is 16.5. The van der Waals surface area contributed by atoms with E-state index in [9.17, 15) is 13.5 Å². The molecule has 0 radical (unpaired) electrons. The van der Waals surface area contributed by atoms with Crippen LogP contribution in [0.15, 0.2) is 52.3 Å². The van der Waals surface area contributed by atoms with Crippen molar-refractivity contribution < 1.29 is 17.9 Å². The lowest BCUT2D eigenvalue weighted by Crippen LogP contribution is -2.30. The van der Waals surface area contributed by atoms with Crippen LogP contribution in [0.2, 0.25) is 0 Å². The lowest BCUT2D eigenvalue weighted by molar-refractivity contribution is 0.0728. The Labute approximate surface area is 169 Å². The van der Waals surface area contributed by atoms with E-state index in [0.29, 0.717) is 28.9 Å². The second kappa shape index (κ2) is 7.94. The van der Waals surface area contributed by atoms with Crippen molar-refractivity contribution in [3.8, 4) is 22.5 Å². The maximum atomic E-state index is 12.7. The van der Waals surface area contributed by atoms with E-state index in [-0.39, 0.29) is 17.3 Å². The summed E-state index contributed by atoms with van der Waals surface area (Å²) in [5.74, 6) is 0.255. The molecule has 154 valence electrons. The summed E-state index contributed by atoms with van der Waals surface area (Å²) < 4.78 is 32.9. The molecule has 8 nitrogen and oxygen atoms in total. The highest BCUT2D eigenvalue weighted by Gasteiger charge is 2.19. The van der Waals surface area contributed by atoms with Crippen LogP contribution in [0.1, 0.15) is 25.8 Å². The first-order valence-electron chi connectivity index (χ1n) is 9.05. The van der Waals surface area contributed by atoms with E-state index in [0.717, 1.165) is 5.56 Å². The van der Waals surface area contributed by atoms with Gasteiger partial charge in [0.15, 0.2) is 0 Å². The Balaban J connectivity index is 1.95. The summed E-state index contributed by atoms with van der Waals surface area (Å²) in [5, 5.41) is 9.77. The van der Waals surface area contributed by atoms with Crippen LogP contribution in [0.3, 0.4) is 0 Å². The van der Waals surface area contributed by atoms with Gasteiger partial charge in [-0.1, -0.05) is 6.07 Å². The van der Waals surface area contributed by atoms with Crippen molar-refractivity contribution in [2.24, 2.45) is 0 Å². The van der Waals surface area contributed by atoms with E-state index < -0.39 is 15.6 Å². The number of sulfonamides is 1. The fourth-order valence-electron chi connectivity index (χ4n) is 2.76. The Morgan fingerprint density at radius 1 is 1.28 bits per heavy atom. The summed E-state index contributed by atoms with van der Waals surface area (Å²) >= 11 is 0. The molecule has 0 unspecified atom stereocenters. The third kappa shape index (κ3) is 5.00. The largest absolute Gasteiger partial charge is 0.472 e. The smallest absolute Gasteiger partial charge is 0.240 e. The van der Waals surface area contributed by atoms with Crippen LogP contribution >= 0.6 is 0 Å². The molecular formula is C20H24N4O4S. The molecule has 3 rings (SSSR count). The molecule has 4 N–H and O–H groups in total. The number of nitrogens with one attached hydrogen (secondary N) is 1. The highest BCUT2D eigenvalue weighted by atomic mass is 32.2. The summed E-state index contributed by atoms with van der Waals surface area (Å²) in [6, 6.07) is 6.54. The Hall–Kier alpha value is -2.75. The minimum Gasteiger partial charge on any atom is -0.472 e. The molecule has 2 heterocycles. The molecule has 0 aliphatic carbocycles. The van der Waals surface area contributed by atoms with Crippen LogP contribution in [0, 0.1) is 6.92 Å². The number of benzene rings is 1. The van der Waals surface area contributed by atoms with Crippen molar-refractivity contribution in [3.63, 3.8) is 0 Å². The van der Waals surface area contributed by atoms with Crippen LogP contribution in [-0.2, 0) is 10.0 Å². The molecule has 0 saturated heterocycles.